The molecule has 1 amide bonds. The third-order valence-corrected chi connectivity index (χ3v) is 4.32. The molecule has 5 heteroatoms. The number of nitrogens with two attached hydrogens (primary N) is 1. The van der Waals surface area contributed by atoms with Crippen LogP contribution >= 0.6 is 0 Å². The van der Waals surface area contributed by atoms with Crippen LogP contribution in [0.4, 0.5) is 5.82 Å². The number of carbonyl (C=O) groups excluding carboxylic acids is 1. The number of nitrogens with zero attached hydrogens (tertiary/aromatic N) is 2. The average Bonchev–Trinajstić information content (AvgIpc) is 2.50. The molecule has 2 N–H and O–H groups in total. The van der Waals surface area contributed by atoms with Gasteiger partial charge in [-0.2, -0.15) is 0 Å². The van der Waals surface area contributed by atoms with Crippen LogP contribution in [0.5, 0.6) is 0 Å². The van der Waals surface area contributed by atoms with Gasteiger partial charge in [-0.05, 0) is 37.5 Å². The third-order valence-electron chi connectivity index (χ3n) is 4.32. The van der Waals surface area contributed by atoms with E-state index in [1.165, 1.54) is 0 Å². The van der Waals surface area contributed by atoms with Gasteiger partial charge in [-0.3, -0.25) is 4.79 Å². The molecule has 0 radical (unpaired) electrons. The molecule has 0 aliphatic carbocycles. The predicted molar refractivity (Wildman–Crippen MR) is 88.2 cm³/mol. The quantitative estimate of drug-likeness (QED) is 0.875. The van der Waals surface area contributed by atoms with Crippen molar-refractivity contribution in [1.29, 1.82) is 0 Å². The number of hydrogen-bond donors (Lipinski definition) is 1. The Morgan fingerprint density at radius 2 is 2.09 bits per heavy atom. The molecule has 1 aromatic rings. The highest BCUT2D eigenvalue weighted by Crippen LogP contribution is 2.30. The van der Waals surface area contributed by atoms with Crippen LogP contribution in [0, 0.1) is 13.8 Å². The minimum absolute atomic E-state index is 0.230. The smallest absolute Gasteiger partial charge is 0.225 e. The molecule has 1 aliphatic rings. The van der Waals surface area contributed by atoms with Crippen LogP contribution in [-0.4, -0.2) is 37.2 Å². The molecule has 2 heterocycles. The first kappa shape index (κ1) is 16.7. The number of primary amides is 1. The lowest BCUT2D eigenvalue weighted by atomic mass is 9.89. The van der Waals surface area contributed by atoms with Crippen molar-refractivity contribution in [2.24, 2.45) is 5.73 Å². The lowest BCUT2D eigenvalue weighted by Gasteiger charge is -2.29. The van der Waals surface area contributed by atoms with Crippen LogP contribution in [0.25, 0.3) is 0 Å². The molecule has 1 aliphatic heterocycles. The first-order valence-corrected chi connectivity index (χ1v) is 8.14. The molecule has 0 bridgehead atoms. The van der Waals surface area contributed by atoms with E-state index in [4.69, 9.17) is 15.5 Å². The zero-order valence-corrected chi connectivity index (χ0v) is 13.9. The highest BCUT2D eigenvalue weighted by molar-refractivity contribution is 5.82. The fourth-order valence-electron chi connectivity index (χ4n) is 3.14. The van der Waals surface area contributed by atoms with Gasteiger partial charge < -0.3 is 15.4 Å². The zero-order valence-electron chi connectivity index (χ0n) is 13.9. The fourth-order valence-corrected chi connectivity index (χ4v) is 3.14. The van der Waals surface area contributed by atoms with E-state index < -0.39 is 0 Å². The summed E-state index contributed by atoms with van der Waals surface area (Å²) in [7, 11) is 0. The Balaban J connectivity index is 2.30. The SMILES string of the molecule is CCCCC(C(N)=O)c1c(C)cc(N2CCOCC2)nc1C. The summed E-state index contributed by atoms with van der Waals surface area (Å²) in [5, 5.41) is 0. The second-order valence-corrected chi connectivity index (χ2v) is 5.99. The van der Waals surface area contributed by atoms with Crippen molar-refractivity contribution in [2.45, 2.75) is 46.0 Å². The van der Waals surface area contributed by atoms with Gasteiger partial charge >= 0.3 is 0 Å². The molecule has 1 unspecified atom stereocenters. The molecule has 1 saturated heterocycles. The standard InChI is InChI=1S/C17H27N3O2/c1-4-5-6-14(17(18)21)16-12(2)11-15(19-13(16)3)20-7-9-22-10-8-20/h11,14H,4-10H2,1-3H3,(H2,18,21). The van der Waals surface area contributed by atoms with Gasteiger partial charge in [0.2, 0.25) is 5.91 Å². The van der Waals surface area contributed by atoms with E-state index in [-0.39, 0.29) is 11.8 Å². The molecule has 122 valence electrons. The van der Waals surface area contributed by atoms with Gasteiger partial charge in [0.15, 0.2) is 0 Å². The Bertz CT molecular complexity index is 502. The molecule has 0 aromatic carbocycles. The Labute approximate surface area is 132 Å². The summed E-state index contributed by atoms with van der Waals surface area (Å²) in [4.78, 5) is 18.8. The van der Waals surface area contributed by atoms with Crippen molar-refractivity contribution >= 4 is 11.7 Å². The van der Waals surface area contributed by atoms with Crippen molar-refractivity contribution in [2.75, 3.05) is 31.2 Å². The summed E-state index contributed by atoms with van der Waals surface area (Å²) < 4.78 is 5.39. The molecular weight excluding hydrogens is 278 g/mol. The van der Waals surface area contributed by atoms with Gasteiger partial charge in [-0.25, -0.2) is 4.98 Å². The van der Waals surface area contributed by atoms with Crippen molar-refractivity contribution in [3.8, 4) is 0 Å². The number of aryl methyl sites for hydroxylation is 2. The lowest BCUT2D eigenvalue weighted by molar-refractivity contribution is -0.119. The molecule has 1 aromatic heterocycles. The number of amides is 1. The highest BCUT2D eigenvalue weighted by atomic mass is 16.5. The van der Waals surface area contributed by atoms with Crippen molar-refractivity contribution < 1.29 is 9.53 Å². The summed E-state index contributed by atoms with van der Waals surface area (Å²) in [6, 6.07) is 2.08. The fraction of sp³-hybridized carbons (Fsp3) is 0.647. The Hall–Kier alpha value is -1.62. The number of ether oxygens (including phenoxy) is 1. The van der Waals surface area contributed by atoms with E-state index in [0.29, 0.717) is 0 Å². The van der Waals surface area contributed by atoms with Crippen LogP contribution in [0.1, 0.15) is 48.9 Å². The van der Waals surface area contributed by atoms with Crippen LogP contribution in [0.2, 0.25) is 0 Å². The van der Waals surface area contributed by atoms with Crippen LogP contribution in [-0.2, 0) is 9.53 Å². The molecule has 5 nitrogen and oxygen atoms in total. The maximum Gasteiger partial charge on any atom is 0.225 e. The first-order valence-electron chi connectivity index (χ1n) is 8.14. The number of rotatable bonds is 6. The van der Waals surface area contributed by atoms with Gasteiger partial charge in [0.1, 0.15) is 5.82 Å². The number of unbranched alkanes of at least 4 members (excludes halogenated alkanes) is 1. The molecule has 22 heavy (non-hydrogen) atoms. The predicted octanol–water partition coefficient (Wildman–Crippen LogP) is 2.29. The number of anilines is 1. The second-order valence-electron chi connectivity index (χ2n) is 5.99. The first-order chi connectivity index (χ1) is 10.5. The van der Waals surface area contributed by atoms with E-state index in [2.05, 4.69) is 24.8 Å². The summed E-state index contributed by atoms with van der Waals surface area (Å²) >= 11 is 0. The van der Waals surface area contributed by atoms with E-state index in [1.807, 2.05) is 6.92 Å². The number of morpholine rings is 1. The van der Waals surface area contributed by atoms with E-state index >= 15 is 0 Å². The van der Waals surface area contributed by atoms with Gasteiger partial charge in [0.05, 0.1) is 19.1 Å². The summed E-state index contributed by atoms with van der Waals surface area (Å²) in [6.07, 6.45) is 2.85. The van der Waals surface area contributed by atoms with Gasteiger partial charge in [-0.15, -0.1) is 0 Å². The molecule has 0 spiro atoms. The minimum Gasteiger partial charge on any atom is -0.378 e. The van der Waals surface area contributed by atoms with Gasteiger partial charge in [0.25, 0.3) is 0 Å². The number of carbonyl (C=O) groups is 1. The zero-order chi connectivity index (χ0) is 16.1. The summed E-state index contributed by atoms with van der Waals surface area (Å²) in [6.45, 7) is 9.35. The third kappa shape index (κ3) is 3.77. The van der Waals surface area contributed by atoms with E-state index in [9.17, 15) is 4.79 Å². The minimum atomic E-state index is -0.249. The maximum absolute atomic E-state index is 11.9. The number of aromatic nitrogens is 1. The van der Waals surface area contributed by atoms with Gasteiger partial charge in [-0.1, -0.05) is 19.8 Å². The van der Waals surface area contributed by atoms with Crippen molar-refractivity contribution in [3.05, 3.63) is 22.9 Å². The summed E-state index contributed by atoms with van der Waals surface area (Å²) in [5.74, 6) is 0.493. The average molecular weight is 305 g/mol. The molecular formula is C17H27N3O2. The topological polar surface area (TPSA) is 68.5 Å². The molecule has 2 rings (SSSR count). The van der Waals surface area contributed by atoms with E-state index in [0.717, 1.165) is 68.2 Å². The normalized spacial score (nSPS) is 16.6. The molecule has 1 atom stereocenters. The molecule has 0 saturated carbocycles. The Kier molecular flexibility index (Phi) is 5.77. The number of hydrogen-bond acceptors (Lipinski definition) is 4. The van der Waals surface area contributed by atoms with Crippen LogP contribution in [0.3, 0.4) is 0 Å². The number of pyridine rings is 1. The van der Waals surface area contributed by atoms with Crippen molar-refractivity contribution in [1.82, 2.24) is 4.98 Å². The van der Waals surface area contributed by atoms with Crippen LogP contribution < -0.4 is 10.6 Å². The monoisotopic (exact) mass is 305 g/mol. The van der Waals surface area contributed by atoms with E-state index in [1.54, 1.807) is 0 Å². The van der Waals surface area contributed by atoms with Crippen LogP contribution in [0.15, 0.2) is 6.07 Å². The molecule has 1 fully saturated rings. The largest absolute Gasteiger partial charge is 0.378 e. The van der Waals surface area contributed by atoms with Gasteiger partial charge in [0, 0.05) is 18.8 Å². The second kappa shape index (κ2) is 7.58. The maximum atomic E-state index is 11.9. The Morgan fingerprint density at radius 3 is 2.64 bits per heavy atom. The van der Waals surface area contributed by atoms with Crippen molar-refractivity contribution in [3.63, 3.8) is 0 Å². The Morgan fingerprint density at radius 1 is 1.41 bits per heavy atom. The highest BCUT2D eigenvalue weighted by Gasteiger charge is 2.23. The lowest BCUT2D eigenvalue weighted by Crippen LogP contribution is -2.37. The summed E-state index contributed by atoms with van der Waals surface area (Å²) in [5.41, 5.74) is 8.67.